The Bertz CT molecular complexity index is 392. The van der Waals surface area contributed by atoms with Gasteiger partial charge in [-0.3, -0.25) is 5.32 Å². The molecule has 0 aliphatic heterocycles. The first-order chi connectivity index (χ1) is 7.99. The standard InChI is InChI=1S/C12H12F3NO/c1-3-8-16-11(12(13,14)15)9-4-6-10(17-2)7-5-9/h1,4-7,11,16H,8H2,2H3/t11-/m0/s1. The van der Waals surface area contributed by atoms with E-state index in [4.69, 9.17) is 11.2 Å². The Morgan fingerprint density at radius 3 is 2.35 bits per heavy atom. The summed E-state index contributed by atoms with van der Waals surface area (Å²) in [6, 6.07) is 3.92. The number of ether oxygens (including phenoxy) is 1. The molecule has 0 heterocycles. The second-order valence-electron chi connectivity index (χ2n) is 3.33. The lowest BCUT2D eigenvalue weighted by molar-refractivity contribution is -0.157. The van der Waals surface area contributed by atoms with Gasteiger partial charge in [-0.2, -0.15) is 13.2 Å². The molecule has 0 aliphatic rings. The summed E-state index contributed by atoms with van der Waals surface area (Å²) in [6.07, 6.45) is 0.560. The molecule has 0 aliphatic carbocycles. The largest absolute Gasteiger partial charge is 0.497 e. The van der Waals surface area contributed by atoms with Gasteiger partial charge in [0.2, 0.25) is 0 Å². The zero-order chi connectivity index (χ0) is 12.9. The molecule has 0 spiro atoms. The second kappa shape index (κ2) is 5.60. The third-order valence-corrected chi connectivity index (χ3v) is 2.18. The molecule has 1 aromatic rings. The molecule has 0 fully saturated rings. The van der Waals surface area contributed by atoms with Crippen molar-refractivity contribution in [2.45, 2.75) is 12.2 Å². The van der Waals surface area contributed by atoms with E-state index in [1.54, 1.807) is 0 Å². The highest BCUT2D eigenvalue weighted by Crippen LogP contribution is 2.33. The van der Waals surface area contributed by atoms with Gasteiger partial charge in [0.05, 0.1) is 13.7 Å². The summed E-state index contributed by atoms with van der Waals surface area (Å²) in [4.78, 5) is 0. The molecule has 0 radical (unpaired) electrons. The number of alkyl halides is 3. The maximum Gasteiger partial charge on any atom is 0.407 e. The minimum atomic E-state index is -4.38. The molecule has 0 unspecified atom stereocenters. The molecule has 92 valence electrons. The van der Waals surface area contributed by atoms with Crippen LogP contribution in [-0.4, -0.2) is 19.8 Å². The normalized spacial score (nSPS) is 12.9. The van der Waals surface area contributed by atoms with Crippen molar-refractivity contribution in [2.75, 3.05) is 13.7 Å². The maximum atomic E-state index is 12.7. The molecule has 0 saturated heterocycles. The predicted molar refractivity (Wildman–Crippen MR) is 58.6 cm³/mol. The molecular formula is C12H12F3NO. The molecule has 1 rings (SSSR count). The summed E-state index contributed by atoms with van der Waals surface area (Å²) in [6.45, 7) is -0.143. The Balaban J connectivity index is 2.92. The number of halogens is 3. The van der Waals surface area contributed by atoms with Crippen LogP contribution in [0.3, 0.4) is 0 Å². The van der Waals surface area contributed by atoms with Crippen LogP contribution in [0.5, 0.6) is 5.75 Å². The lowest BCUT2D eigenvalue weighted by Crippen LogP contribution is -2.34. The Hall–Kier alpha value is -1.67. The number of hydrogen-bond acceptors (Lipinski definition) is 2. The third kappa shape index (κ3) is 3.68. The predicted octanol–water partition coefficient (Wildman–Crippen LogP) is 2.52. The average Bonchev–Trinajstić information content (AvgIpc) is 2.29. The summed E-state index contributed by atoms with van der Waals surface area (Å²) < 4.78 is 43.1. The summed E-state index contributed by atoms with van der Waals surface area (Å²) in [5.74, 6) is 2.63. The lowest BCUT2D eigenvalue weighted by atomic mass is 10.1. The van der Waals surface area contributed by atoms with Crippen molar-refractivity contribution in [1.29, 1.82) is 0 Å². The second-order valence-corrected chi connectivity index (χ2v) is 3.33. The quantitative estimate of drug-likeness (QED) is 0.820. The van der Waals surface area contributed by atoms with Crippen LogP contribution in [0.2, 0.25) is 0 Å². The van der Waals surface area contributed by atoms with Gasteiger partial charge in [0.1, 0.15) is 11.8 Å². The van der Waals surface area contributed by atoms with E-state index < -0.39 is 12.2 Å². The molecule has 2 nitrogen and oxygen atoms in total. The number of benzene rings is 1. The van der Waals surface area contributed by atoms with Gasteiger partial charge < -0.3 is 4.74 Å². The minimum absolute atomic E-state index is 0.105. The highest BCUT2D eigenvalue weighted by Gasteiger charge is 2.40. The average molecular weight is 243 g/mol. The van der Waals surface area contributed by atoms with Gasteiger partial charge in [-0.25, -0.2) is 0 Å². The molecule has 0 amide bonds. The summed E-state index contributed by atoms with van der Waals surface area (Å²) in [5, 5.41) is 2.26. The van der Waals surface area contributed by atoms with Gasteiger partial charge >= 0.3 is 6.18 Å². The lowest BCUT2D eigenvalue weighted by Gasteiger charge is -2.21. The van der Waals surface area contributed by atoms with E-state index in [1.165, 1.54) is 31.4 Å². The molecule has 0 saturated carbocycles. The first-order valence-electron chi connectivity index (χ1n) is 4.86. The van der Waals surface area contributed by atoms with Gasteiger partial charge in [-0.1, -0.05) is 18.1 Å². The number of terminal acetylenes is 1. The fourth-order valence-corrected chi connectivity index (χ4v) is 1.38. The first kappa shape index (κ1) is 13.4. The van der Waals surface area contributed by atoms with Gasteiger partial charge in [0.15, 0.2) is 0 Å². The van der Waals surface area contributed by atoms with E-state index in [1.807, 2.05) is 0 Å². The van der Waals surface area contributed by atoms with E-state index in [-0.39, 0.29) is 12.1 Å². The highest BCUT2D eigenvalue weighted by molar-refractivity contribution is 5.30. The fourth-order valence-electron chi connectivity index (χ4n) is 1.38. The topological polar surface area (TPSA) is 21.3 Å². The van der Waals surface area contributed by atoms with Gasteiger partial charge in [-0.05, 0) is 17.7 Å². The molecule has 1 N–H and O–H groups in total. The van der Waals surface area contributed by atoms with Crippen LogP contribution in [0, 0.1) is 12.3 Å². The first-order valence-corrected chi connectivity index (χ1v) is 4.86. The van der Waals surface area contributed by atoms with Crippen LogP contribution >= 0.6 is 0 Å². The number of hydrogen-bond donors (Lipinski definition) is 1. The fraction of sp³-hybridized carbons (Fsp3) is 0.333. The zero-order valence-electron chi connectivity index (χ0n) is 9.21. The summed E-state index contributed by atoms with van der Waals surface area (Å²) in [7, 11) is 1.45. The van der Waals surface area contributed by atoms with Crippen LogP contribution in [0.4, 0.5) is 13.2 Å². The highest BCUT2D eigenvalue weighted by atomic mass is 19.4. The smallest absolute Gasteiger partial charge is 0.407 e. The third-order valence-electron chi connectivity index (χ3n) is 2.18. The Morgan fingerprint density at radius 1 is 1.35 bits per heavy atom. The Morgan fingerprint density at radius 2 is 1.94 bits per heavy atom. The van der Waals surface area contributed by atoms with Crippen molar-refractivity contribution < 1.29 is 17.9 Å². The molecule has 17 heavy (non-hydrogen) atoms. The molecule has 0 bridgehead atoms. The van der Waals surface area contributed by atoms with Crippen molar-refractivity contribution in [2.24, 2.45) is 0 Å². The van der Waals surface area contributed by atoms with E-state index >= 15 is 0 Å². The van der Waals surface area contributed by atoms with Gasteiger partial charge in [-0.15, -0.1) is 6.42 Å². The number of rotatable bonds is 4. The van der Waals surface area contributed by atoms with Crippen molar-refractivity contribution in [3.8, 4) is 18.1 Å². The Labute approximate surface area is 97.8 Å². The summed E-state index contributed by atoms with van der Waals surface area (Å²) in [5.41, 5.74) is 0.105. The van der Waals surface area contributed by atoms with Crippen molar-refractivity contribution in [3.63, 3.8) is 0 Å². The van der Waals surface area contributed by atoms with E-state index in [0.29, 0.717) is 5.75 Å². The molecule has 0 aromatic heterocycles. The number of nitrogens with one attached hydrogen (secondary N) is 1. The van der Waals surface area contributed by atoms with Crippen molar-refractivity contribution >= 4 is 0 Å². The van der Waals surface area contributed by atoms with E-state index in [2.05, 4.69) is 11.2 Å². The van der Waals surface area contributed by atoms with E-state index in [0.717, 1.165) is 0 Å². The SMILES string of the molecule is C#CCN[C@@H](c1ccc(OC)cc1)C(F)(F)F. The van der Waals surface area contributed by atoms with Crippen LogP contribution in [-0.2, 0) is 0 Å². The Kier molecular flexibility index (Phi) is 4.41. The minimum Gasteiger partial charge on any atom is -0.497 e. The van der Waals surface area contributed by atoms with Crippen molar-refractivity contribution in [1.82, 2.24) is 5.32 Å². The number of methoxy groups -OCH3 is 1. The molecular weight excluding hydrogens is 231 g/mol. The van der Waals surface area contributed by atoms with Crippen LogP contribution < -0.4 is 10.1 Å². The molecule has 5 heteroatoms. The van der Waals surface area contributed by atoms with Crippen molar-refractivity contribution in [3.05, 3.63) is 29.8 Å². The van der Waals surface area contributed by atoms with E-state index in [9.17, 15) is 13.2 Å². The van der Waals surface area contributed by atoms with Gasteiger partial charge in [0, 0.05) is 0 Å². The van der Waals surface area contributed by atoms with Gasteiger partial charge in [0.25, 0.3) is 0 Å². The van der Waals surface area contributed by atoms with Crippen LogP contribution in [0.15, 0.2) is 24.3 Å². The van der Waals surface area contributed by atoms with Crippen LogP contribution in [0.25, 0.3) is 0 Å². The molecule has 1 atom stereocenters. The molecule has 1 aromatic carbocycles. The zero-order valence-corrected chi connectivity index (χ0v) is 9.21. The van der Waals surface area contributed by atoms with Crippen LogP contribution in [0.1, 0.15) is 11.6 Å². The maximum absolute atomic E-state index is 12.7. The monoisotopic (exact) mass is 243 g/mol. The summed E-state index contributed by atoms with van der Waals surface area (Å²) >= 11 is 0.